The van der Waals surface area contributed by atoms with E-state index in [0.29, 0.717) is 13.1 Å². The summed E-state index contributed by atoms with van der Waals surface area (Å²) in [5.74, 6) is 1.90. The summed E-state index contributed by atoms with van der Waals surface area (Å²) in [4.78, 5) is 23.0. The Balaban J connectivity index is 1.25. The van der Waals surface area contributed by atoms with Crippen molar-refractivity contribution in [1.29, 1.82) is 0 Å². The molecule has 1 saturated carbocycles. The van der Waals surface area contributed by atoms with Crippen molar-refractivity contribution in [3.8, 4) is 0 Å². The molecule has 3 heterocycles. The van der Waals surface area contributed by atoms with Gasteiger partial charge in [-0.1, -0.05) is 62.7 Å². The molecule has 3 aliphatic rings. The van der Waals surface area contributed by atoms with Crippen LogP contribution in [0.25, 0.3) is 0 Å². The second kappa shape index (κ2) is 10.1. The first kappa shape index (κ1) is 22.9. The first-order valence-electron chi connectivity index (χ1n) is 12.6. The number of aromatic nitrogens is 1. The van der Waals surface area contributed by atoms with Gasteiger partial charge in [0.15, 0.2) is 5.13 Å². The molecule has 5 nitrogen and oxygen atoms in total. The van der Waals surface area contributed by atoms with Crippen LogP contribution in [0, 0.1) is 11.8 Å². The number of carbonyl (C=O) groups is 1. The molecule has 0 aromatic carbocycles. The molecule has 1 aromatic heterocycles. The number of nitrogens with zero attached hydrogens (tertiary/aromatic N) is 3. The van der Waals surface area contributed by atoms with E-state index in [4.69, 9.17) is 9.72 Å². The molecule has 0 N–H and O–H groups in total. The van der Waals surface area contributed by atoms with E-state index in [1.165, 1.54) is 79.9 Å². The van der Waals surface area contributed by atoms with Crippen LogP contribution in [0.3, 0.4) is 0 Å². The molecule has 1 saturated heterocycles. The van der Waals surface area contributed by atoms with Crippen LogP contribution >= 0.6 is 11.3 Å². The summed E-state index contributed by atoms with van der Waals surface area (Å²) in [7, 11) is 0. The topological polar surface area (TPSA) is 45.7 Å². The van der Waals surface area contributed by atoms with Gasteiger partial charge in [-0.2, -0.15) is 0 Å². The Hall–Kier alpha value is -1.30. The van der Waals surface area contributed by atoms with Crippen molar-refractivity contribution in [2.24, 2.45) is 11.8 Å². The molecule has 1 aliphatic carbocycles. The molecule has 174 valence electrons. The summed E-state index contributed by atoms with van der Waals surface area (Å²) < 4.78 is 5.56. The number of amides is 1. The molecule has 0 atom stereocenters. The fourth-order valence-electron chi connectivity index (χ4n) is 5.34. The number of hydrogen-bond donors (Lipinski definition) is 0. The van der Waals surface area contributed by atoms with Crippen molar-refractivity contribution in [2.45, 2.75) is 104 Å². The van der Waals surface area contributed by atoms with Crippen molar-refractivity contribution in [3.63, 3.8) is 0 Å². The summed E-state index contributed by atoms with van der Waals surface area (Å²) in [6.45, 7) is 9.38. The molecule has 0 radical (unpaired) electrons. The Labute approximate surface area is 192 Å². The van der Waals surface area contributed by atoms with Gasteiger partial charge in [0, 0.05) is 30.9 Å². The molecule has 0 bridgehead atoms. The molecule has 31 heavy (non-hydrogen) atoms. The van der Waals surface area contributed by atoms with E-state index in [2.05, 4.69) is 4.90 Å². The van der Waals surface area contributed by atoms with Crippen molar-refractivity contribution in [3.05, 3.63) is 10.6 Å². The van der Waals surface area contributed by atoms with Crippen molar-refractivity contribution in [1.82, 2.24) is 9.88 Å². The first-order valence-corrected chi connectivity index (χ1v) is 13.4. The maximum atomic E-state index is 12.4. The van der Waals surface area contributed by atoms with Crippen LogP contribution in [0.15, 0.2) is 0 Å². The van der Waals surface area contributed by atoms with Crippen molar-refractivity contribution in [2.75, 3.05) is 24.5 Å². The zero-order valence-electron chi connectivity index (χ0n) is 19.8. The number of piperidine rings is 1. The molecule has 1 amide bonds. The third kappa shape index (κ3) is 6.36. The molecule has 4 rings (SSSR count). The van der Waals surface area contributed by atoms with E-state index in [0.717, 1.165) is 31.3 Å². The van der Waals surface area contributed by atoms with Crippen LogP contribution in [0.4, 0.5) is 9.93 Å². The van der Waals surface area contributed by atoms with Crippen LogP contribution in [-0.4, -0.2) is 41.2 Å². The number of rotatable bonds is 4. The van der Waals surface area contributed by atoms with Gasteiger partial charge < -0.3 is 14.5 Å². The van der Waals surface area contributed by atoms with Gasteiger partial charge in [-0.3, -0.25) is 0 Å². The molecule has 2 aliphatic heterocycles. The minimum absolute atomic E-state index is 0.206. The highest BCUT2D eigenvalue weighted by Crippen LogP contribution is 2.35. The molecular weight excluding hydrogens is 406 g/mol. The average Bonchev–Trinajstić information content (AvgIpc) is 2.98. The number of hydrogen-bond acceptors (Lipinski definition) is 5. The van der Waals surface area contributed by atoms with E-state index in [1.807, 2.05) is 25.7 Å². The normalized spacial score (nSPS) is 21.6. The average molecular weight is 448 g/mol. The fourth-order valence-corrected chi connectivity index (χ4v) is 6.51. The van der Waals surface area contributed by atoms with E-state index >= 15 is 0 Å². The van der Waals surface area contributed by atoms with E-state index in [-0.39, 0.29) is 6.09 Å². The van der Waals surface area contributed by atoms with Gasteiger partial charge in [-0.05, 0) is 45.4 Å². The van der Waals surface area contributed by atoms with Crippen LogP contribution in [0.5, 0.6) is 0 Å². The summed E-state index contributed by atoms with van der Waals surface area (Å²) in [5.41, 5.74) is 0.742. The number of thiazole rings is 1. The highest BCUT2D eigenvalue weighted by atomic mass is 32.1. The fraction of sp³-hybridized carbons (Fsp3) is 0.840. The van der Waals surface area contributed by atoms with Crippen LogP contribution in [-0.2, 0) is 17.7 Å². The molecule has 2 fully saturated rings. The van der Waals surface area contributed by atoms with Crippen LogP contribution in [0.1, 0.15) is 95.6 Å². The number of ether oxygens (including phenoxy) is 1. The minimum Gasteiger partial charge on any atom is -0.444 e. The van der Waals surface area contributed by atoms with Gasteiger partial charge in [0.1, 0.15) is 5.60 Å². The summed E-state index contributed by atoms with van der Waals surface area (Å²) in [6.07, 6.45) is 14.9. The highest BCUT2D eigenvalue weighted by Gasteiger charge is 2.29. The van der Waals surface area contributed by atoms with E-state index < -0.39 is 5.60 Å². The molecule has 0 spiro atoms. The monoisotopic (exact) mass is 447 g/mol. The lowest BCUT2D eigenvalue weighted by Gasteiger charge is -2.32. The number of anilines is 1. The third-order valence-corrected chi connectivity index (χ3v) is 8.36. The predicted octanol–water partition coefficient (Wildman–Crippen LogP) is 6.40. The zero-order valence-corrected chi connectivity index (χ0v) is 20.6. The largest absolute Gasteiger partial charge is 0.444 e. The van der Waals surface area contributed by atoms with Gasteiger partial charge >= 0.3 is 6.09 Å². The van der Waals surface area contributed by atoms with Gasteiger partial charge in [0.25, 0.3) is 0 Å². The van der Waals surface area contributed by atoms with Gasteiger partial charge in [0.2, 0.25) is 0 Å². The smallest absolute Gasteiger partial charge is 0.410 e. The second-order valence-electron chi connectivity index (χ2n) is 10.9. The number of carbonyl (C=O) groups excluding carboxylic acids is 1. The summed E-state index contributed by atoms with van der Waals surface area (Å²) in [6, 6.07) is 0. The molecule has 6 heteroatoms. The van der Waals surface area contributed by atoms with Gasteiger partial charge in [-0.15, -0.1) is 0 Å². The Bertz CT molecular complexity index is 726. The van der Waals surface area contributed by atoms with Crippen molar-refractivity contribution >= 4 is 22.6 Å². The Morgan fingerprint density at radius 2 is 1.65 bits per heavy atom. The lowest BCUT2D eigenvalue weighted by molar-refractivity contribution is 0.0225. The Morgan fingerprint density at radius 3 is 2.29 bits per heavy atom. The SMILES string of the molecule is CC(C)(C)OC(=O)N1CCc2nc(N3CCC(CCC4CCCCCC4)CC3)sc2C1. The predicted molar refractivity (Wildman–Crippen MR) is 128 cm³/mol. The van der Waals surface area contributed by atoms with Crippen LogP contribution < -0.4 is 4.90 Å². The summed E-state index contributed by atoms with van der Waals surface area (Å²) >= 11 is 1.79. The molecule has 0 unspecified atom stereocenters. The molecular formula is C25H41N3O2S. The summed E-state index contributed by atoms with van der Waals surface area (Å²) in [5, 5.41) is 1.17. The number of fused-ring (bicyclic) bond motifs is 1. The standard InChI is InChI=1S/C25H41N3O2S/c1-25(2,3)30-24(29)28-17-14-21-22(18-28)31-23(26-21)27-15-12-20(13-16-27)11-10-19-8-6-4-5-7-9-19/h19-20H,4-18H2,1-3H3. The molecule has 1 aromatic rings. The van der Waals surface area contributed by atoms with Gasteiger partial charge in [-0.25, -0.2) is 9.78 Å². The van der Waals surface area contributed by atoms with Gasteiger partial charge in [0.05, 0.1) is 12.2 Å². The quantitative estimate of drug-likeness (QED) is 0.501. The second-order valence-corrected chi connectivity index (χ2v) is 11.9. The maximum absolute atomic E-state index is 12.4. The van der Waals surface area contributed by atoms with E-state index in [1.54, 1.807) is 11.3 Å². The zero-order chi connectivity index (χ0) is 21.8. The van der Waals surface area contributed by atoms with E-state index in [9.17, 15) is 4.79 Å². The third-order valence-electron chi connectivity index (χ3n) is 7.21. The lowest BCUT2D eigenvalue weighted by Crippen LogP contribution is -2.39. The highest BCUT2D eigenvalue weighted by molar-refractivity contribution is 7.15. The lowest BCUT2D eigenvalue weighted by atomic mass is 9.86. The Morgan fingerprint density at radius 1 is 1.00 bits per heavy atom. The minimum atomic E-state index is -0.448. The van der Waals surface area contributed by atoms with Crippen LogP contribution in [0.2, 0.25) is 0 Å². The maximum Gasteiger partial charge on any atom is 0.410 e. The Kier molecular flexibility index (Phi) is 7.45. The van der Waals surface area contributed by atoms with Crippen molar-refractivity contribution < 1.29 is 9.53 Å². The first-order chi connectivity index (χ1) is 14.9.